The number of rotatable bonds is 6. The van der Waals surface area contributed by atoms with Crippen molar-refractivity contribution >= 4 is 11.8 Å². The lowest BCUT2D eigenvalue weighted by Crippen LogP contribution is -2.38. The third-order valence-corrected chi connectivity index (χ3v) is 4.98. The van der Waals surface area contributed by atoms with Crippen LogP contribution in [0.3, 0.4) is 0 Å². The third kappa shape index (κ3) is 5.13. The molecule has 1 aromatic carbocycles. The molecule has 0 aliphatic heterocycles. The summed E-state index contributed by atoms with van der Waals surface area (Å²) in [6, 6.07) is 7.08. The van der Waals surface area contributed by atoms with Gasteiger partial charge in [0, 0.05) is 16.7 Å². The molecule has 0 heterocycles. The first-order valence-corrected chi connectivity index (χ1v) is 8.11. The zero-order valence-electron chi connectivity index (χ0n) is 11.3. The second-order valence-corrected chi connectivity index (χ2v) is 6.47. The zero-order valence-corrected chi connectivity index (χ0v) is 12.1. The highest BCUT2D eigenvalue weighted by Crippen LogP contribution is 2.29. The molecule has 1 aliphatic carbocycles. The van der Waals surface area contributed by atoms with Gasteiger partial charge in [0.05, 0.1) is 0 Å². The fraction of sp³-hybridized carbons (Fsp3) is 0.600. The number of thioether (sulfide) groups is 1. The summed E-state index contributed by atoms with van der Waals surface area (Å²) < 4.78 is 13.1. The van der Waals surface area contributed by atoms with Gasteiger partial charge in [-0.1, -0.05) is 38.2 Å². The van der Waals surface area contributed by atoms with Gasteiger partial charge in [0.25, 0.3) is 0 Å². The van der Waals surface area contributed by atoms with Crippen molar-refractivity contribution in [2.45, 2.75) is 49.5 Å². The molecular weight excluding hydrogens is 259 g/mol. The Bertz CT molecular complexity index is 380. The summed E-state index contributed by atoms with van der Waals surface area (Å²) in [4.78, 5) is 0.976. The van der Waals surface area contributed by atoms with Gasteiger partial charge in [-0.05, 0) is 30.5 Å². The Morgan fingerprint density at radius 1 is 1.32 bits per heavy atom. The highest BCUT2D eigenvalue weighted by molar-refractivity contribution is 7.99. The molecule has 0 spiro atoms. The molecule has 0 aromatic heterocycles. The standard InChI is InChI=1S/C15H23FN2S/c16-13-7-4-8-15(10-13)19-11-14(18-17)9-12-5-2-1-3-6-12/h4,7-8,10,12,14,18H,1-3,5-6,9,11,17H2. The van der Waals surface area contributed by atoms with Gasteiger partial charge in [-0.15, -0.1) is 11.8 Å². The van der Waals surface area contributed by atoms with Gasteiger partial charge in [0.1, 0.15) is 5.82 Å². The van der Waals surface area contributed by atoms with Gasteiger partial charge >= 0.3 is 0 Å². The SMILES string of the molecule is NNC(CSc1cccc(F)c1)CC1CCCCC1. The molecule has 0 amide bonds. The van der Waals surface area contributed by atoms with Gasteiger partial charge in [-0.25, -0.2) is 4.39 Å². The molecule has 1 aromatic rings. The molecule has 2 rings (SSSR count). The third-order valence-electron chi connectivity index (χ3n) is 3.83. The van der Waals surface area contributed by atoms with Crippen LogP contribution in [0.25, 0.3) is 0 Å². The van der Waals surface area contributed by atoms with E-state index in [1.807, 2.05) is 6.07 Å². The average molecular weight is 282 g/mol. The van der Waals surface area contributed by atoms with E-state index < -0.39 is 0 Å². The Hall–Kier alpha value is -0.580. The van der Waals surface area contributed by atoms with E-state index in [1.165, 1.54) is 38.2 Å². The summed E-state index contributed by atoms with van der Waals surface area (Å²) in [5.74, 6) is 7.18. The van der Waals surface area contributed by atoms with E-state index in [0.717, 1.165) is 23.0 Å². The fourth-order valence-corrected chi connectivity index (χ4v) is 3.76. The van der Waals surface area contributed by atoms with E-state index in [1.54, 1.807) is 23.9 Å². The summed E-state index contributed by atoms with van der Waals surface area (Å²) in [5.41, 5.74) is 2.92. The molecule has 1 saturated carbocycles. The molecule has 1 unspecified atom stereocenters. The van der Waals surface area contributed by atoms with Gasteiger partial charge in [-0.3, -0.25) is 11.3 Å². The van der Waals surface area contributed by atoms with Crippen LogP contribution < -0.4 is 11.3 Å². The highest BCUT2D eigenvalue weighted by atomic mass is 32.2. The lowest BCUT2D eigenvalue weighted by Gasteiger charge is -2.26. The molecule has 0 radical (unpaired) electrons. The van der Waals surface area contributed by atoms with Crippen LogP contribution in [0.15, 0.2) is 29.2 Å². The van der Waals surface area contributed by atoms with Crippen molar-refractivity contribution in [1.29, 1.82) is 0 Å². The molecule has 0 bridgehead atoms. The van der Waals surface area contributed by atoms with E-state index in [2.05, 4.69) is 5.43 Å². The van der Waals surface area contributed by atoms with Crippen LogP contribution >= 0.6 is 11.8 Å². The van der Waals surface area contributed by atoms with E-state index in [9.17, 15) is 4.39 Å². The first kappa shape index (κ1) is 14.8. The van der Waals surface area contributed by atoms with Gasteiger partial charge in [0.2, 0.25) is 0 Å². The van der Waals surface area contributed by atoms with E-state index in [0.29, 0.717) is 6.04 Å². The van der Waals surface area contributed by atoms with Crippen LogP contribution in [0, 0.1) is 11.7 Å². The maximum absolute atomic E-state index is 13.1. The quantitative estimate of drug-likeness (QED) is 0.474. The lowest BCUT2D eigenvalue weighted by atomic mass is 9.85. The molecule has 106 valence electrons. The smallest absolute Gasteiger partial charge is 0.124 e. The number of hydrazine groups is 1. The van der Waals surface area contributed by atoms with Crippen LogP contribution in [-0.2, 0) is 0 Å². The van der Waals surface area contributed by atoms with Crippen molar-refractivity contribution in [2.24, 2.45) is 11.8 Å². The first-order chi connectivity index (χ1) is 9.28. The van der Waals surface area contributed by atoms with Crippen molar-refractivity contribution in [1.82, 2.24) is 5.43 Å². The van der Waals surface area contributed by atoms with Crippen molar-refractivity contribution in [3.63, 3.8) is 0 Å². The van der Waals surface area contributed by atoms with E-state index in [-0.39, 0.29) is 5.82 Å². The number of hydrogen-bond donors (Lipinski definition) is 2. The van der Waals surface area contributed by atoms with Crippen LogP contribution in [0.2, 0.25) is 0 Å². The Morgan fingerprint density at radius 2 is 2.11 bits per heavy atom. The molecule has 0 saturated heterocycles. The maximum Gasteiger partial charge on any atom is 0.124 e. The number of benzene rings is 1. The molecule has 1 aliphatic rings. The number of hydrogen-bond acceptors (Lipinski definition) is 3. The van der Waals surface area contributed by atoms with Crippen LogP contribution in [0.4, 0.5) is 4.39 Å². The first-order valence-electron chi connectivity index (χ1n) is 7.12. The highest BCUT2D eigenvalue weighted by Gasteiger charge is 2.18. The van der Waals surface area contributed by atoms with Crippen molar-refractivity contribution < 1.29 is 4.39 Å². The monoisotopic (exact) mass is 282 g/mol. The zero-order chi connectivity index (χ0) is 13.5. The predicted molar refractivity (Wildman–Crippen MR) is 79.4 cm³/mol. The van der Waals surface area contributed by atoms with Crippen molar-refractivity contribution in [3.8, 4) is 0 Å². The second kappa shape index (κ2) is 7.88. The molecule has 1 atom stereocenters. The summed E-state index contributed by atoms with van der Waals surface area (Å²) in [7, 11) is 0. The minimum Gasteiger partial charge on any atom is -0.271 e. The predicted octanol–water partition coefficient (Wildman–Crippen LogP) is 3.72. The number of halogens is 1. The Balaban J connectivity index is 1.78. The van der Waals surface area contributed by atoms with Gasteiger partial charge < -0.3 is 0 Å². The Kier molecular flexibility index (Phi) is 6.14. The van der Waals surface area contributed by atoms with Crippen molar-refractivity contribution in [3.05, 3.63) is 30.1 Å². The lowest BCUT2D eigenvalue weighted by molar-refractivity contribution is 0.308. The van der Waals surface area contributed by atoms with Gasteiger partial charge in [0.15, 0.2) is 0 Å². The Morgan fingerprint density at radius 3 is 2.79 bits per heavy atom. The second-order valence-electron chi connectivity index (χ2n) is 5.37. The number of nitrogens with one attached hydrogen (secondary N) is 1. The van der Waals surface area contributed by atoms with E-state index >= 15 is 0 Å². The fourth-order valence-electron chi connectivity index (χ4n) is 2.76. The van der Waals surface area contributed by atoms with Crippen LogP contribution in [-0.4, -0.2) is 11.8 Å². The minimum absolute atomic E-state index is 0.172. The molecule has 3 N–H and O–H groups in total. The Labute approximate surface area is 119 Å². The van der Waals surface area contributed by atoms with Gasteiger partial charge in [-0.2, -0.15) is 0 Å². The molecule has 2 nitrogen and oxygen atoms in total. The summed E-state index contributed by atoms with van der Waals surface area (Å²) in [6.07, 6.45) is 7.91. The maximum atomic E-state index is 13.1. The largest absolute Gasteiger partial charge is 0.271 e. The summed E-state index contributed by atoms with van der Waals surface area (Å²) in [6.45, 7) is 0. The average Bonchev–Trinajstić information content (AvgIpc) is 2.44. The molecule has 1 fully saturated rings. The topological polar surface area (TPSA) is 38.0 Å². The molecule has 19 heavy (non-hydrogen) atoms. The molecular formula is C15H23FN2S. The number of nitrogens with two attached hydrogens (primary N) is 1. The summed E-state index contributed by atoms with van der Waals surface area (Å²) >= 11 is 1.67. The van der Waals surface area contributed by atoms with E-state index in [4.69, 9.17) is 5.84 Å². The van der Waals surface area contributed by atoms with Crippen LogP contribution in [0.5, 0.6) is 0 Å². The minimum atomic E-state index is -0.172. The van der Waals surface area contributed by atoms with Crippen LogP contribution in [0.1, 0.15) is 38.5 Å². The normalized spacial score (nSPS) is 18.4. The summed E-state index contributed by atoms with van der Waals surface area (Å²) in [5, 5.41) is 0. The molecule has 4 heteroatoms. The van der Waals surface area contributed by atoms with Crippen molar-refractivity contribution in [2.75, 3.05) is 5.75 Å².